The number of carbonyl (C=O) groups excluding carboxylic acids is 1. The highest BCUT2D eigenvalue weighted by molar-refractivity contribution is 7.98. The molecule has 0 aliphatic carbocycles. The van der Waals surface area contributed by atoms with Gasteiger partial charge in [0.15, 0.2) is 5.82 Å². The number of ketones is 1. The van der Waals surface area contributed by atoms with Crippen LogP contribution in [0.25, 0.3) is 28.3 Å². The van der Waals surface area contributed by atoms with Gasteiger partial charge in [-0.15, -0.1) is 0 Å². The van der Waals surface area contributed by atoms with Crippen LogP contribution in [0.5, 0.6) is 0 Å². The number of benzene rings is 1. The number of nitrogens with one attached hydrogen (secondary N) is 2. The van der Waals surface area contributed by atoms with E-state index in [1.807, 2.05) is 26.0 Å². The Morgan fingerprint density at radius 1 is 1.00 bits per heavy atom. The molecule has 2 aliphatic rings. The van der Waals surface area contributed by atoms with Gasteiger partial charge in [0.1, 0.15) is 5.69 Å². The van der Waals surface area contributed by atoms with Gasteiger partial charge in [0.05, 0.1) is 23.8 Å². The standard InChI is InChI=1S/C26H27ClFN9S.C3H3F3O.C2H6/c27-19-13-21(24(28)23(14-19)34-38-36-9-1-2-10-36)22-17-37(33-25(22)18-3-5-29-6-4-18)26-31-15-20(16-32-26)35-11-7-30-8-12-35;1-2(7)3(4,5)6;1-2/h3-6,13-17,30,34H,1-2,7-12H2;1H3;1-2H3. The number of carbonyl (C=O) groups is 1. The monoisotopic (exact) mass is 693 g/mol. The number of pyridine rings is 1. The molecule has 1 aromatic carbocycles. The Labute approximate surface area is 280 Å². The SMILES string of the molecule is CC.CC(=O)C(F)(F)F.Fc1c(NSN2CCCC2)cc(Cl)cc1-c1cn(-c2ncc(N3CCNCC3)cn2)nc1-c1ccncc1. The Morgan fingerprint density at radius 2 is 1.62 bits per heavy atom. The first-order valence-electron chi connectivity index (χ1n) is 15.1. The van der Waals surface area contributed by atoms with Crippen LogP contribution in [-0.2, 0) is 4.79 Å². The molecule has 0 amide bonds. The molecule has 0 saturated carbocycles. The van der Waals surface area contributed by atoms with Crippen molar-refractivity contribution in [2.45, 2.75) is 39.8 Å². The van der Waals surface area contributed by atoms with Crippen molar-refractivity contribution in [1.82, 2.24) is 34.4 Å². The molecule has 5 heterocycles. The highest BCUT2D eigenvalue weighted by atomic mass is 35.5. The van der Waals surface area contributed by atoms with Crippen molar-refractivity contribution >= 4 is 40.9 Å². The number of rotatable bonds is 7. The molecular weight excluding hydrogens is 658 g/mol. The first kappa shape index (κ1) is 36.1. The normalized spacial score (nSPS) is 14.9. The molecular formula is C31H36ClF4N9OS. The molecule has 6 rings (SSSR count). The summed E-state index contributed by atoms with van der Waals surface area (Å²) in [6.07, 6.45) is 6.38. The van der Waals surface area contributed by atoms with Crippen LogP contribution in [0.3, 0.4) is 0 Å². The highest BCUT2D eigenvalue weighted by Crippen LogP contribution is 2.38. The van der Waals surface area contributed by atoms with Crippen molar-refractivity contribution in [2.24, 2.45) is 0 Å². The number of anilines is 2. The van der Waals surface area contributed by atoms with Gasteiger partial charge < -0.3 is 14.9 Å². The number of hydrogen-bond acceptors (Lipinski definition) is 10. The van der Waals surface area contributed by atoms with Crippen molar-refractivity contribution in [3.63, 3.8) is 0 Å². The Kier molecular flexibility index (Phi) is 12.9. The molecule has 4 aromatic rings. The summed E-state index contributed by atoms with van der Waals surface area (Å²) in [6, 6.07) is 6.92. The van der Waals surface area contributed by atoms with Crippen molar-refractivity contribution in [3.05, 3.63) is 66.1 Å². The fraction of sp³-hybridized carbons (Fsp3) is 0.387. The maximum absolute atomic E-state index is 15.9. The maximum atomic E-state index is 15.9. The zero-order chi connectivity index (χ0) is 34.0. The lowest BCUT2D eigenvalue weighted by molar-refractivity contribution is -0.168. The van der Waals surface area contributed by atoms with E-state index >= 15 is 4.39 Å². The fourth-order valence-corrected chi connectivity index (χ4v) is 5.70. The molecule has 2 N–H and O–H groups in total. The van der Waals surface area contributed by atoms with Crippen LogP contribution >= 0.6 is 23.7 Å². The smallest absolute Gasteiger partial charge is 0.366 e. The van der Waals surface area contributed by atoms with Gasteiger partial charge in [-0.05, 0) is 37.1 Å². The van der Waals surface area contributed by atoms with E-state index in [0.717, 1.165) is 63.4 Å². The molecule has 0 atom stereocenters. The van der Waals surface area contributed by atoms with E-state index in [1.54, 1.807) is 47.8 Å². The minimum atomic E-state index is -4.64. The molecule has 47 heavy (non-hydrogen) atoms. The van der Waals surface area contributed by atoms with Crippen LogP contribution in [-0.4, -0.2) is 80.3 Å². The largest absolute Gasteiger partial charge is 0.449 e. The quantitative estimate of drug-likeness (QED) is 0.158. The van der Waals surface area contributed by atoms with Crippen LogP contribution < -0.4 is 14.9 Å². The van der Waals surface area contributed by atoms with E-state index in [1.165, 1.54) is 12.1 Å². The summed E-state index contributed by atoms with van der Waals surface area (Å²) in [5, 5.41) is 8.55. The average Bonchev–Trinajstić information content (AvgIpc) is 3.78. The third-order valence-electron chi connectivity index (χ3n) is 7.06. The summed E-state index contributed by atoms with van der Waals surface area (Å²) in [7, 11) is 0. The van der Waals surface area contributed by atoms with Crippen LogP contribution in [0.1, 0.15) is 33.6 Å². The second-order valence-electron chi connectivity index (χ2n) is 10.2. The summed E-state index contributed by atoms with van der Waals surface area (Å²) in [5.41, 5.74) is 3.60. The maximum Gasteiger partial charge on any atom is 0.449 e. The number of aromatic nitrogens is 5. The number of piperazine rings is 1. The van der Waals surface area contributed by atoms with Crippen LogP contribution in [0.4, 0.5) is 28.9 Å². The van der Waals surface area contributed by atoms with Gasteiger partial charge in [0.25, 0.3) is 5.95 Å². The fourth-order valence-electron chi connectivity index (χ4n) is 4.67. The first-order valence-corrected chi connectivity index (χ1v) is 16.3. The Hall–Kier alpha value is -3.79. The summed E-state index contributed by atoms with van der Waals surface area (Å²) in [4.78, 5) is 24.8. The number of halogens is 5. The minimum absolute atomic E-state index is 0.328. The van der Waals surface area contributed by atoms with Crippen molar-refractivity contribution < 1.29 is 22.4 Å². The van der Waals surface area contributed by atoms with Crippen LogP contribution in [0, 0.1) is 5.82 Å². The van der Waals surface area contributed by atoms with Crippen LogP contribution in [0.2, 0.25) is 5.02 Å². The Morgan fingerprint density at radius 3 is 2.21 bits per heavy atom. The molecule has 16 heteroatoms. The topological polar surface area (TPSA) is 104 Å². The summed E-state index contributed by atoms with van der Waals surface area (Å²) in [5.74, 6) is -1.76. The third kappa shape index (κ3) is 9.62. The second kappa shape index (κ2) is 16.9. The lowest BCUT2D eigenvalue weighted by Gasteiger charge is -2.28. The lowest BCUT2D eigenvalue weighted by atomic mass is 10.0. The van der Waals surface area contributed by atoms with Gasteiger partial charge in [0, 0.05) is 98.6 Å². The van der Waals surface area contributed by atoms with E-state index in [0.29, 0.717) is 40.4 Å². The van der Waals surface area contributed by atoms with Gasteiger partial charge >= 0.3 is 6.18 Å². The van der Waals surface area contributed by atoms with Gasteiger partial charge in [-0.3, -0.25) is 9.78 Å². The molecule has 10 nitrogen and oxygen atoms in total. The van der Waals surface area contributed by atoms with Crippen molar-refractivity contribution in [2.75, 3.05) is 48.9 Å². The van der Waals surface area contributed by atoms with Crippen molar-refractivity contribution in [3.8, 4) is 28.3 Å². The molecule has 2 aliphatic heterocycles. The van der Waals surface area contributed by atoms with E-state index in [4.69, 9.17) is 16.7 Å². The van der Waals surface area contributed by atoms with E-state index < -0.39 is 17.8 Å². The van der Waals surface area contributed by atoms with Crippen molar-refractivity contribution in [1.29, 1.82) is 0 Å². The minimum Gasteiger partial charge on any atom is -0.366 e. The molecule has 0 spiro atoms. The molecule has 0 radical (unpaired) electrons. The molecule has 252 valence electrons. The lowest BCUT2D eigenvalue weighted by Crippen LogP contribution is -2.43. The summed E-state index contributed by atoms with van der Waals surface area (Å²) < 4.78 is 55.3. The van der Waals surface area contributed by atoms with Crippen LogP contribution in [0.15, 0.2) is 55.2 Å². The highest BCUT2D eigenvalue weighted by Gasteiger charge is 2.33. The third-order valence-corrected chi connectivity index (χ3v) is 8.21. The number of Topliss-reactive ketones (excluding diaryl/α,β-unsaturated/α-hetero) is 1. The number of nitrogens with zero attached hydrogens (tertiary/aromatic N) is 7. The summed E-state index contributed by atoms with van der Waals surface area (Å²) in [6.45, 7) is 10.1. The second-order valence-corrected chi connectivity index (χ2v) is 11.6. The van der Waals surface area contributed by atoms with E-state index in [9.17, 15) is 18.0 Å². The number of alkyl halides is 3. The van der Waals surface area contributed by atoms with Gasteiger partial charge in [-0.1, -0.05) is 25.4 Å². The average molecular weight is 694 g/mol. The molecule has 0 unspecified atom stereocenters. The molecule has 3 aromatic heterocycles. The van der Waals surface area contributed by atoms with Gasteiger partial charge in [-0.25, -0.2) is 23.3 Å². The Bertz CT molecular complexity index is 1600. The predicted molar refractivity (Wildman–Crippen MR) is 178 cm³/mol. The molecule has 2 saturated heterocycles. The predicted octanol–water partition coefficient (Wildman–Crippen LogP) is 6.83. The van der Waals surface area contributed by atoms with E-state index in [-0.39, 0.29) is 0 Å². The molecule has 2 fully saturated rings. The van der Waals surface area contributed by atoms with Gasteiger partial charge in [-0.2, -0.15) is 18.3 Å². The number of hydrogen-bond donors (Lipinski definition) is 2. The van der Waals surface area contributed by atoms with Gasteiger partial charge in [0.2, 0.25) is 5.78 Å². The summed E-state index contributed by atoms with van der Waals surface area (Å²) >= 11 is 7.89. The first-order chi connectivity index (χ1) is 22.6. The van der Waals surface area contributed by atoms with E-state index in [2.05, 4.69) is 34.2 Å². The zero-order valence-corrected chi connectivity index (χ0v) is 27.8. The Balaban J connectivity index is 0.000000495. The molecule has 0 bridgehead atoms. The zero-order valence-electron chi connectivity index (χ0n) is 26.2.